The summed E-state index contributed by atoms with van der Waals surface area (Å²) in [5.74, 6) is 0.0224. The molecule has 0 aliphatic carbocycles. The first kappa shape index (κ1) is 13.5. The zero-order valence-electron chi connectivity index (χ0n) is 10.6. The van der Waals surface area contributed by atoms with E-state index in [4.69, 9.17) is 0 Å². The number of hydrogen-bond acceptors (Lipinski definition) is 3. The SMILES string of the molecule is CN(CCN1CCCC1)C(=O)c1cccnc1Br. The smallest absolute Gasteiger partial charge is 0.256 e. The van der Waals surface area contributed by atoms with Crippen molar-refractivity contribution in [2.24, 2.45) is 0 Å². The minimum atomic E-state index is 0.0224. The number of carbonyl (C=O) groups is 1. The second-order valence-corrected chi connectivity index (χ2v) is 5.37. The van der Waals surface area contributed by atoms with Gasteiger partial charge in [0, 0.05) is 26.3 Å². The van der Waals surface area contributed by atoms with Crippen LogP contribution in [0.3, 0.4) is 0 Å². The van der Waals surface area contributed by atoms with E-state index in [2.05, 4.69) is 25.8 Å². The van der Waals surface area contributed by atoms with Crippen molar-refractivity contribution in [3.05, 3.63) is 28.5 Å². The average Bonchev–Trinajstić information content (AvgIpc) is 2.89. The number of amides is 1. The summed E-state index contributed by atoms with van der Waals surface area (Å²) in [5, 5.41) is 0. The molecule has 0 saturated carbocycles. The number of pyridine rings is 1. The van der Waals surface area contributed by atoms with E-state index < -0.39 is 0 Å². The molecule has 0 spiro atoms. The van der Waals surface area contributed by atoms with Crippen LogP contribution in [0.1, 0.15) is 23.2 Å². The van der Waals surface area contributed by atoms with Gasteiger partial charge in [-0.15, -0.1) is 0 Å². The quantitative estimate of drug-likeness (QED) is 0.798. The molecular formula is C13H18BrN3O. The monoisotopic (exact) mass is 311 g/mol. The fourth-order valence-corrected chi connectivity index (χ4v) is 2.57. The number of rotatable bonds is 4. The highest BCUT2D eigenvalue weighted by molar-refractivity contribution is 9.10. The van der Waals surface area contributed by atoms with E-state index in [1.807, 2.05) is 7.05 Å². The van der Waals surface area contributed by atoms with Crippen LogP contribution in [-0.2, 0) is 0 Å². The van der Waals surface area contributed by atoms with Crippen LogP contribution in [0.15, 0.2) is 22.9 Å². The molecule has 1 fully saturated rings. The summed E-state index contributed by atoms with van der Waals surface area (Å²) in [7, 11) is 1.85. The molecule has 0 unspecified atom stereocenters. The number of hydrogen-bond donors (Lipinski definition) is 0. The minimum absolute atomic E-state index is 0.0224. The number of likely N-dealkylation sites (N-methyl/N-ethyl adjacent to an activating group) is 1. The Morgan fingerprint density at radius 1 is 1.50 bits per heavy atom. The zero-order valence-corrected chi connectivity index (χ0v) is 12.2. The Kier molecular flexibility index (Phi) is 4.72. The van der Waals surface area contributed by atoms with Gasteiger partial charge in [0.2, 0.25) is 0 Å². The topological polar surface area (TPSA) is 36.4 Å². The van der Waals surface area contributed by atoms with Gasteiger partial charge in [-0.2, -0.15) is 0 Å². The van der Waals surface area contributed by atoms with Crippen LogP contribution in [-0.4, -0.2) is 53.9 Å². The zero-order chi connectivity index (χ0) is 13.0. The maximum Gasteiger partial charge on any atom is 0.256 e. The van der Waals surface area contributed by atoms with Gasteiger partial charge in [-0.1, -0.05) is 0 Å². The molecule has 0 radical (unpaired) electrons. The van der Waals surface area contributed by atoms with Gasteiger partial charge in [0.05, 0.1) is 5.56 Å². The van der Waals surface area contributed by atoms with E-state index in [0.717, 1.165) is 13.1 Å². The lowest BCUT2D eigenvalue weighted by Crippen LogP contribution is -2.35. The highest BCUT2D eigenvalue weighted by Crippen LogP contribution is 2.14. The van der Waals surface area contributed by atoms with Crippen LogP contribution >= 0.6 is 15.9 Å². The number of carbonyl (C=O) groups excluding carboxylic acids is 1. The second-order valence-electron chi connectivity index (χ2n) is 4.62. The average molecular weight is 312 g/mol. The number of halogens is 1. The van der Waals surface area contributed by atoms with Gasteiger partial charge in [0.25, 0.3) is 5.91 Å². The predicted molar refractivity (Wildman–Crippen MR) is 74.6 cm³/mol. The third kappa shape index (κ3) is 3.29. The molecule has 98 valence electrons. The highest BCUT2D eigenvalue weighted by Gasteiger charge is 2.17. The van der Waals surface area contributed by atoms with Gasteiger partial charge in [0.1, 0.15) is 4.60 Å². The number of nitrogens with zero attached hydrogens (tertiary/aromatic N) is 3. The molecule has 2 rings (SSSR count). The van der Waals surface area contributed by atoms with Gasteiger partial charge in [-0.3, -0.25) is 4.79 Å². The van der Waals surface area contributed by atoms with Crippen molar-refractivity contribution in [1.29, 1.82) is 0 Å². The molecule has 18 heavy (non-hydrogen) atoms. The van der Waals surface area contributed by atoms with Crippen LogP contribution in [0.4, 0.5) is 0 Å². The Hall–Kier alpha value is -0.940. The Balaban J connectivity index is 1.90. The lowest BCUT2D eigenvalue weighted by Gasteiger charge is -2.21. The Morgan fingerprint density at radius 3 is 2.89 bits per heavy atom. The van der Waals surface area contributed by atoms with Crippen LogP contribution in [0.2, 0.25) is 0 Å². The number of aromatic nitrogens is 1. The Morgan fingerprint density at radius 2 is 2.22 bits per heavy atom. The standard InChI is InChI=1S/C13H18BrN3O/c1-16(9-10-17-7-2-3-8-17)13(18)11-5-4-6-15-12(11)14/h4-6H,2-3,7-10H2,1H3. The van der Waals surface area contributed by atoms with E-state index in [0.29, 0.717) is 10.2 Å². The first-order valence-electron chi connectivity index (χ1n) is 6.27. The van der Waals surface area contributed by atoms with Crippen molar-refractivity contribution >= 4 is 21.8 Å². The maximum atomic E-state index is 12.2. The summed E-state index contributed by atoms with van der Waals surface area (Å²) < 4.78 is 0.614. The molecule has 1 aromatic heterocycles. The first-order valence-corrected chi connectivity index (χ1v) is 7.06. The van der Waals surface area contributed by atoms with Crippen molar-refractivity contribution < 1.29 is 4.79 Å². The van der Waals surface area contributed by atoms with Crippen molar-refractivity contribution in [2.45, 2.75) is 12.8 Å². The molecule has 0 atom stereocenters. The lowest BCUT2D eigenvalue weighted by atomic mass is 10.2. The number of likely N-dealkylation sites (tertiary alicyclic amines) is 1. The maximum absolute atomic E-state index is 12.2. The summed E-state index contributed by atoms with van der Waals surface area (Å²) in [6.45, 7) is 4.05. The second kappa shape index (κ2) is 6.29. The first-order chi connectivity index (χ1) is 8.68. The summed E-state index contributed by atoms with van der Waals surface area (Å²) >= 11 is 3.31. The van der Waals surface area contributed by atoms with E-state index >= 15 is 0 Å². The van der Waals surface area contributed by atoms with Crippen molar-refractivity contribution in [2.75, 3.05) is 33.2 Å². The van der Waals surface area contributed by atoms with Gasteiger partial charge in [-0.05, 0) is 54.0 Å². The van der Waals surface area contributed by atoms with E-state index in [9.17, 15) is 4.79 Å². The fraction of sp³-hybridized carbons (Fsp3) is 0.538. The van der Waals surface area contributed by atoms with Crippen molar-refractivity contribution in [1.82, 2.24) is 14.8 Å². The van der Waals surface area contributed by atoms with E-state index in [1.165, 1.54) is 25.9 Å². The predicted octanol–water partition coefficient (Wildman–Crippen LogP) is 2.01. The molecule has 0 aromatic carbocycles. The third-order valence-electron chi connectivity index (χ3n) is 3.29. The van der Waals surface area contributed by atoms with Gasteiger partial charge in [-0.25, -0.2) is 4.98 Å². The third-order valence-corrected chi connectivity index (χ3v) is 3.92. The fourth-order valence-electron chi connectivity index (χ4n) is 2.15. The van der Waals surface area contributed by atoms with Crippen molar-refractivity contribution in [3.63, 3.8) is 0 Å². The molecule has 1 aliphatic heterocycles. The van der Waals surface area contributed by atoms with Crippen LogP contribution in [0.25, 0.3) is 0 Å². The highest BCUT2D eigenvalue weighted by atomic mass is 79.9. The summed E-state index contributed by atoms with van der Waals surface area (Å²) in [6.07, 6.45) is 4.24. The van der Waals surface area contributed by atoms with Crippen LogP contribution in [0, 0.1) is 0 Å². The normalized spacial score (nSPS) is 15.9. The van der Waals surface area contributed by atoms with E-state index in [1.54, 1.807) is 23.2 Å². The largest absolute Gasteiger partial charge is 0.340 e. The molecule has 5 heteroatoms. The lowest BCUT2D eigenvalue weighted by molar-refractivity contribution is 0.0781. The van der Waals surface area contributed by atoms with Crippen molar-refractivity contribution in [3.8, 4) is 0 Å². The molecule has 1 amide bonds. The summed E-state index contributed by atoms with van der Waals surface area (Å²) in [4.78, 5) is 20.5. The van der Waals surface area contributed by atoms with Gasteiger partial charge in [0.15, 0.2) is 0 Å². The minimum Gasteiger partial charge on any atom is -0.340 e. The molecule has 1 aliphatic rings. The molecule has 0 N–H and O–H groups in total. The molecule has 1 saturated heterocycles. The van der Waals surface area contributed by atoms with Crippen LogP contribution in [0.5, 0.6) is 0 Å². The summed E-state index contributed by atoms with van der Waals surface area (Å²) in [6, 6.07) is 3.58. The van der Waals surface area contributed by atoms with Crippen LogP contribution < -0.4 is 0 Å². The Labute approximate surface area is 116 Å². The van der Waals surface area contributed by atoms with Gasteiger partial charge >= 0.3 is 0 Å². The summed E-state index contributed by atoms with van der Waals surface area (Å²) in [5.41, 5.74) is 0.626. The molecule has 2 heterocycles. The van der Waals surface area contributed by atoms with E-state index in [-0.39, 0.29) is 5.91 Å². The van der Waals surface area contributed by atoms with Gasteiger partial charge < -0.3 is 9.80 Å². The molecule has 0 bridgehead atoms. The molecule has 1 aromatic rings. The molecule has 4 nitrogen and oxygen atoms in total. The Bertz CT molecular complexity index is 418. The molecular weight excluding hydrogens is 294 g/mol.